The molecular weight excluding hydrogens is 705 g/mol. The van der Waals surface area contributed by atoms with Crippen LogP contribution in [0.3, 0.4) is 0 Å². The molecule has 3 aromatic heterocycles. The predicted octanol–water partition coefficient (Wildman–Crippen LogP) is 10.0. The summed E-state index contributed by atoms with van der Waals surface area (Å²) in [5.74, 6) is 3.71. The SMILES string of the molecule is CC(C)Oc1c(OC(C)C)c(OC(C)C)c2c3nc4nc(nc5[nH]c(nc6nc(nc([nH]3)c2c1OC(C)C)-c1ccccc1-6)c1ccccc51)-c1ccccc1-4. The molecule has 282 valence electrons. The number of hydrogen-bond acceptors (Lipinski definition) is 10. The summed E-state index contributed by atoms with van der Waals surface area (Å²) < 4.78 is 26.6. The zero-order valence-corrected chi connectivity index (χ0v) is 32.6. The number of aromatic nitrogens is 8. The standard InChI is InChI=1S/C44H42N8O4/c1-21(2)53-33-31-32(34(54-22(3)4)36(56-24(7)8)35(33)55-23(5)6)44-51-42-30-20-14-12-18-28(30)40(49-42)47-38-26-16-10-9-15-25(26)37(45-38)46-39-27-17-11-13-19-29(27)41(48-39)50-43(31)52-44/h9-24H,1-8H3,(H2,45,46,47,48,49,50,51,52). The minimum atomic E-state index is -0.241. The molecule has 0 atom stereocenters. The quantitative estimate of drug-likeness (QED) is 0.154. The fourth-order valence-electron chi connectivity index (χ4n) is 7.17. The maximum Gasteiger partial charge on any atom is 0.208 e. The lowest BCUT2D eigenvalue weighted by Crippen LogP contribution is -2.16. The first kappa shape index (κ1) is 35.2. The van der Waals surface area contributed by atoms with Gasteiger partial charge in [0.2, 0.25) is 11.5 Å². The van der Waals surface area contributed by atoms with Crippen LogP contribution in [0.25, 0.3) is 89.7 Å². The van der Waals surface area contributed by atoms with Gasteiger partial charge in [-0.15, -0.1) is 0 Å². The first-order chi connectivity index (χ1) is 27.0. The number of aromatic amines is 2. The van der Waals surface area contributed by atoms with Gasteiger partial charge in [0.1, 0.15) is 22.6 Å². The maximum absolute atomic E-state index is 6.72. The number of H-pyrrole nitrogens is 2. The highest BCUT2D eigenvalue weighted by Gasteiger charge is 2.32. The summed E-state index contributed by atoms with van der Waals surface area (Å²) in [7, 11) is 0. The van der Waals surface area contributed by atoms with Gasteiger partial charge in [-0.25, -0.2) is 29.9 Å². The minimum absolute atomic E-state index is 0.224. The summed E-state index contributed by atoms with van der Waals surface area (Å²) in [6.45, 7) is 15.8. The molecule has 0 radical (unpaired) electrons. The Balaban J connectivity index is 1.54. The fourth-order valence-corrected chi connectivity index (χ4v) is 7.17. The van der Waals surface area contributed by atoms with E-state index in [1.54, 1.807) is 0 Å². The normalized spacial score (nSPS) is 12.2. The van der Waals surface area contributed by atoms with Gasteiger partial charge < -0.3 is 28.9 Å². The second kappa shape index (κ2) is 13.6. The minimum Gasteiger partial charge on any atom is -0.486 e. The zero-order valence-electron chi connectivity index (χ0n) is 32.6. The molecule has 0 saturated heterocycles. The Morgan fingerprint density at radius 1 is 0.357 bits per heavy atom. The first-order valence-corrected chi connectivity index (χ1v) is 19.0. The molecule has 9 rings (SSSR count). The molecule has 5 heterocycles. The van der Waals surface area contributed by atoms with Crippen LogP contribution in [0.4, 0.5) is 0 Å². The van der Waals surface area contributed by atoms with Crippen molar-refractivity contribution in [3.63, 3.8) is 0 Å². The van der Waals surface area contributed by atoms with E-state index < -0.39 is 0 Å². The highest BCUT2D eigenvalue weighted by atomic mass is 16.6. The summed E-state index contributed by atoms with van der Waals surface area (Å²) in [6.07, 6.45) is -0.931. The van der Waals surface area contributed by atoms with Crippen LogP contribution < -0.4 is 18.9 Å². The van der Waals surface area contributed by atoms with Crippen molar-refractivity contribution >= 4 is 44.1 Å². The lowest BCUT2D eigenvalue weighted by Gasteiger charge is -2.25. The van der Waals surface area contributed by atoms with Crippen LogP contribution in [0.5, 0.6) is 23.0 Å². The van der Waals surface area contributed by atoms with Crippen LogP contribution in [0, 0.1) is 0 Å². The molecule has 56 heavy (non-hydrogen) atoms. The van der Waals surface area contributed by atoms with E-state index in [0.29, 0.717) is 79.7 Å². The maximum atomic E-state index is 6.72. The lowest BCUT2D eigenvalue weighted by molar-refractivity contribution is 0.165. The summed E-state index contributed by atoms with van der Waals surface area (Å²) in [6, 6.07) is 23.9. The van der Waals surface area contributed by atoms with Crippen molar-refractivity contribution in [1.29, 1.82) is 0 Å². The van der Waals surface area contributed by atoms with E-state index in [4.69, 9.17) is 48.9 Å². The van der Waals surface area contributed by atoms with Crippen molar-refractivity contribution in [3.05, 3.63) is 72.8 Å². The number of fused-ring (bicyclic) bond motifs is 20. The Kier molecular flexibility index (Phi) is 8.56. The summed E-state index contributed by atoms with van der Waals surface area (Å²) in [4.78, 5) is 38.0. The second-order valence-corrected chi connectivity index (χ2v) is 15.0. The molecule has 0 fully saturated rings. The van der Waals surface area contributed by atoms with E-state index in [0.717, 1.165) is 33.0 Å². The number of hydrogen-bond donors (Lipinski definition) is 2. The van der Waals surface area contributed by atoms with Crippen LogP contribution in [0.15, 0.2) is 72.8 Å². The topological polar surface area (TPSA) is 146 Å². The van der Waals surface area contributed by atoms with Gasteiger partial charge in [-0.1, -0.05) is 72.8 Å². The molecule has 7 aromatic rings. The molecule has 2 aliphatic rings. The Morgan fingerprint density at radius 3 is 0.982 bits per heavy atom. The Morgan fingerprint density at radius 2 is 0.643 bits per heavy atom. The highest BCUT2D eigenvalue weighted by molar-refractivity contribution is 6.14. The molecule has 8 bridgehead atoms. The van der Waals surface area contributed by atoms with Crippen LogP contribution in [0.2, 0.25) is 0 Å². The number of rotatable bonds is 8. The van der Waals surface area contributed by atoms with Crippen molar-refractivity contribution in [2.75, 3.05) is 0 Å². The van der Waals surface area contributed by atoms with Gasteiger partial charge in [0.25, 0.3) is 0 Å². The Hall–Kier alpha value is -6.56. The molecule has 12 heteroatoms. The van der Waals surface area contributed by atoms with Crippen LogP contribution >= 0.6 is 0 Å². The van der Waals surface area contributed by atoms with Crippen LogP contribution in [-0.2, 0) is 0 Å². The molecule has 0 spiro atoms. The molecule has 4 aromatic carbocycles. The van der Waals surface area contributed by atoms with E-state index in [2.05, 4.69) is 9.97 Å². The molecule has 2 N–H and O–H groups in total. The number of nitrogens with one attached hydrogen (secondary N) is 2. The van der Waals surface area contributed by atoms with Crippen molar-refractivity contribution < 1.29 is 18.9 Å². The summed E-state index contributed by atoms with van der Waals surface area (Å²) in [5.41, 5.74) is 5.51. The lowest BCUT2D eigenvalue weighted by atomic mass is 10.1. The van der Waals surface area contributed by atoms with Crippen LogP contribution in [-0.4, -0.2) is 64.3 Å². The molecule has 0 unspecified atom stereocenters. The van der Waals surface area contributed by atoms with E-state index in [1.165, 1.54) is 0 Å². The third kappa shape index (κ3) is 6.01. The monoisotopic (exact) mass is 746 g/mol. The van der Waals surface area contributed by atoms with Gasteiger partial charge in [-0.2, -0.15) is 0 Å². The van der Waals surface area contributed by atoms with Gasteiger partial charge in [-0.05, 0) is 55.4 Å². The molecule has 0 saturated carbocycles. The number of benzene rings is 4. The van der Waals surface area contributed by atoms with Crippen molar-refractivity contribution in [3.8, 4) is 68.5 Å². The Labute approximate surface area is 323 Å². The van der Waals surface area contributed by atoms with Crippen molar-refractivity contribution in [1.82, 2.24) is 39.9 Å². The number of ether oxygens (including phenoxy) is 4. The molecule has 12 nitrogen and oxygen atoms in total. The molecular formula is C44H42N8O4. The van der Waals surface area contributed by atoms with Gasteiger partial charge >= 0.3 is 0 Å². The van der Waals surface area contributed by atoms with Gasteiger partial charge in [0.05, 0.1) is 35.2 Å². The first-order valence-electron chi connectivity index (χ1n) is 19.0. The fraction of sp³-hybridized carbons (Fsp3) is 0.273. The van der Waals surface area contributed by atoms with Gasteiger partial charge in [0.15, 0.2) is 34.8 Å². The predicted molar refractivity (Wildman–Crippen MR) is 219 cm³/mol. The van der Waals surface area contributed by atoms with Crippen molar-refractivity contribution in [2.45, 2.75) is 79.8 Å². The molecule has 0 amide bonds. The van der Waals surface area contributed by atoms with E-state index in [-0.39, 0.29) is 24.4 Å². The second-order valence-electron chi connectivity index (χ2n) is 15.0. The van der Waals surface area contributed by atoms with Gasteiger partial charge in [0, 0.05) is 33.0 Å². The molecule has 2 aliphatic heterocycles. The summed E-state index contributed by atoms with van der Waals surface area (Å²) in [5, 5.41) is 3.03. The van der Waals surface area contributed by atoms with Crippen molar-refractivity contribution in [2.24, 2.45) is 0 Å². The third-order valence-corrected chi connectivity index (χ3v) is 9.23. The van der Waals surface area contributed by atoms with E-state index in [9.17, 15) is 0 Å². The molecule has 0 aliphatic carbocycles. The van der Waals surface area contributed by atoms with E-state index >= 15 is 0 Å². The smallest absolute Gasteiger partial charge is 0.208 e. The summed E-state index contributed by atoms with van der Waals surface area (Å²) >= 11 is 0. The largest absolute Gasteiger partial charge is 0.486 e. The zero-order chi connectivity index (χ0) is 38.8. The van der Waals surface area contributed by atoms with Crippen LogP contribution in [0.1, 0.15) is 55.4 Å². The third-order valence-electron chi connectivity index (χ3n) is 9.23. The van der Waals surface area contributed by atoms with Gasteiger partial charge in [-0.3, -0.25) is 0 Å². The average molecular weight is 747 g/mol. The Bertz CT molecular complexity index is 2670. The van der Waals surface area contributed by atoms with E-state index in [1.807, 2.05) is 128 Å². The number of nitrogens with zero attached hydrogens (tertiary/aromatic N) is 6. The highest BCUT2D eigenvalue weighted by Crippen LogP contribution is 2.55. The average Bonchev–Trinajstić information content (AvgIpc) is 3.89.